The maximum Gasteiger partial charge on any atom is 0.306 e. The summed E-state index contributed by atoms with van der Waals surface area (Å²) >= 11 is 0. The first-order chi connectivity index (χ1) is 40.0. The van der Waals surface area contributed by atoms with Crippen molar-refractivity contribution in [3.8, 4) is 0 Å². The van der Waals surface area contributed by atoms with E-state index in [0.717, 1.165) is 89.9 Å². The summed E-state index contributed by atoms with van der Waals surface area (Å²) in [4.78, 5) is 38.5. The van der Waals surface area contributed by atoms with Crippen LogP contribution >= 0.6 is 0 Å². The highest BCUT2D eigenvalue weighted by molar-refractivity contribution is 5.71. The second kappa shape index (κ2) is 69.1. The van der Waals surface area contributed by atoms with Crippen LogP contribution in [0.2, 0.25) is 0 Å². The predicted molar refractivity (Wildman–Crippen MR) is 353 cm³/mol. The average molecular weight is 1130 g/mol. The van der Waals surface area contributed by atoms with Crippen molar-refractivity contribution in [2.75, 3.05) is 13.2 Å². The summed E-state index contributed by atoms with van der Waals surface area (Å²) in [5.41, 5.74) is 0. The molecule has 1 atom stereocenters. The van der Waals surface area contributed by atoms with E-state index in [2.05, 4.69) is 106 Å². The molecule has 0 aromatic heterocycles. The lowest BCUT2D eigenvalue weighted by Crippen LogP contribution is -2.30. The SMILES string of the molecule is CCCCC/C=C\C/C=C\CCCCCCCCCCCC(=O)OCC(COC(=O)CCCCCCCCCC/C=C\C/C=C\C/C=C\CCCCCCC)OC(=O)CCCCCCCCCCC/C=C\C/C=C\CCCCCCC. The molecular weight excluding hydrogens is 997 g/mol. The van der Waals surface area contributed by atoms with Gasteiger partial charge in [-0.05, 0) is 122 Å². The van der Waals surface area contributed by atoms with E-state index in [9.17, 15) is 14.4 Å². The van der Waals surface area contributed by atoms with E-state index in [1.807, 2.05) is 0 Å². The molecule has 6 nitrogen and oxygen atoms in total. The third-order valence-corrected chi connectivity index (χ3v) is 15.3. The summed E-state index contributed by atoms with van der Waals surface area (Å²) in [6.45, 7) is 6.63. The van der Waals surface area contributed by atoms with Crippen molar-refractivity contribution in [1.82, 2.24) is 0 Å². The summed E-state index contributed by atoms with van der Waals surface area (Å²) in [6, 6.07) is 0. The van der Waals surface area contributed by atoms with Crippen LogP contribution in [0, 0.1) is 0 Å². The summed E-state index contributed by atoms with van der Waals surface area (Å²) in [5.74, 6) is -0.879. The van der Waals surface area contributed by atoms with E-state index in [1.54, 1.807) is 0 Å². The van der Waals surface area contributed by atoms with E-state index in [0.29, 0.717) is 19.3 Å². The number of rotatable bonds is 64. The van der Waals surface area contributed by atoms with Crippen LogP contribution in [0.5, 0.6) is 0 Å². The minimum Gasteiger partial charge on any atom is -0.462 e. The van der Waals surface area contributed by atoms with Crippen LogP contribution in [-0.4, -0.2) is 37.2 Å². The molecule has 468 valence electrons. The predicted octanol–water partition coefficient (Wildman–Crippen LogP) is 24.2. The molecule has 81 heavy (non-hydrogen) atoms. The lowest BCUT2D eigenvalue weighted by atomic mass is 10.1. The van der Waals surface area contributed by atoms with Gasteiger partial charge in [-0.2, -0.15) is 0 Å². The van der Waals surface area contributed by atoms with Gasteiger partial charge >= 0.3 is 17.9 Å². The third-order valence-electron chi connectivity index (χ3n) is 15.3. The van der Waals surface area contributed by atoms with Gasteiger partial charge in [0.05, 0.1) is 0 Å². The number of unbranched alkanes of at least 4 members (excludes halogenated alkanes) is 39. The molecule has 0 saturated heterocycles. The Bertz CT molecular complexity index is 1530. The molecule has 0 rings (SSSR count). The molecule has 0 saturated carbocycles. The van der Waals surface area contributed by atoms with Gasteiger partial charge in [-0.25, -0.2) is 0 Å². The number of hydrogen-bond donors (Lipinski definition) is 0. The average Bonchev–Trinajstić information content (AvgIpc) is 3.47. The van der Waals surface area contributed by atoms with Crippen molar-refractivity contribution in [2.24, 2.45) is 0 Å². The summed E-state index contributed by atoms with van der Waals surface area (Å²) in [6.07, 6.45) is 91.6. The van der Waals surface area contributed by atoms with Gasteiger partial charge in [0.2, 0.25) is 0 Å². The molecule has 0 radical (unpaired) electrons. The molecule has 0 aromatic carbocycles. The highest BCUT2D eigenvalue weighted by Gasteiger charge is 2.19. The molecule has 0 aliphatic rings. The van der Waals surface area contributed by atoms with Gasteiger partial charge in [-0.1, -0.05) is 298 Å². The topological polar surface area (TPSA) is 78.9 Å². The molecule has 0 aliphatic carbocycles. The smallest absolute Gasteiger partial charge is 0.306 e. The largest absolute Gasteiger partial charge is 0.462 e. The van der Waals surface area contributed by atoms with Crippen LogP contribution < -0.4 is 0 Å². The monoisotopic (exact) mass is 1130 g/mol. The summed E-state index contributed by atoms with van der Waals surface area (Å²) in [7, 11) is 0. The Kier molecular flexibility index (Phi) is 66.2. The van der Waals surface area contributed by atoms with E-state index in [-0.39, 0.29) is 31.1 Å². The molecule has 0 spiro atoms. The molecule has 6 heteroatoms. The van der Waals surface area contributed by atoms with Crippen molar-refractivity contribution in [3.05, 3.63) is 85.1 Å². The maximum absolute atomic E-state index is 13.0. The first kappa shape index (κ1) is 77.6. The number of carbonyl (C=O) groups is 3. The normalized spacial score (nSPS) is 12.6. The number of allylic oxidation sites excluding steroid dienone is 14. The first-order valence-electron chi connectivity index (χ1n) is 35.1. The van der Waals surface area contributed by atoms with Crippen molar-refractivity contribution in [2.45, 2.75) is 361 Å². The molecule has 0 aromatic rings. The molecule has 1 unspecified atom stereocenters. The minimum atomic E-state index is -0.787. The van der Waals surface area contributed by atoms with E-state index < -0.39 is 6.10 Å². The van der Waals surface area contributed by atoms with Crippen molar-refractivity contribution >= 4 is 17.9 Å². The summed E-state index contributed by atoms with van der Waals surface area (Å²) in [5, 5.41) is 0. The fourth-order valence-electron chi connectivity index (χ4n) is 10.0. The second-order valence-corrected chi connectivity index (χ2v) is 23.4. The highest BCUT2D eigenvalue weighted by Crippen LogP contribution is 2.17. The Hall–Kier alpha value is -3.41. The van der Waals surface area contributed by atoms with Gasteiger partial charge < -0.3 is 14.2 Å². The van der Waals surface area contributed by atoms with Crippen LogP contribution in [0.4, 0.5) is 0 Å². The first-order valence-corrected chi connectivity index (χ1v) is 35.1. The van der Waals surface area contributed by atoms with Crippen LogP contribution in [0.1, 0.15) is 355 Å². The fourth-order valence-corrected chi connectivity index (χ4v) is 10.0. The number of ether oxygens (including phenoxy) is 3. The van der Waals surface area contributed by atoms with Crippen molar-refractivity contribution < 1.29 is 28.6 Å². The fraction of sp³-hybridized carbons (Fsp3) is 0.773. The van der Waals surface area contributed by atoms with E-state index in [4.69, 9.17) is 14.2 Å². The molecule has 0 fully saturated rings. The van der Waals surface area contributed by atoms with Gasteiger partial charge in [0.1, 0.15) is 13.2 Å². The lowest BCUT2D eigenvalue weighted by Gasteiger charge is -2.18. The zero-order chi connectivity index (χ0) is 58.5. The summed E-state index contributed by atoms with van der Waals surface area (Å²) < 4.78 is 17.0. The van der Waals surface area contributed by atoms with E-state index >= 15 is 0 Å². The third kappa shape index (κ3) is 67.3. The standard InChI is InChI=1S/C75H132O6/c1-4-7-10-13-16-19-22-25-28-31-34-36-37-39-41-44-47-50-53-56-59-62-65-68-74(77)80-71-72(70-79-73(76)67-64-61-58-55-52-49-46-43-40-33-30-27-24-21-18-15-12-9-6-3)81-75(78)69-66-63-60-57-54-51-48-45-42-38-35-32-29-26-23-20-17-14-11-8-5-2/h18,21-23,25-27,30-32,34-35,37,39,72H,4-17,19-20,24,28-29,33,36,38,40-71H2,1-3H3/b21-18-,25-22-,26-23-,30-27-,34-31-,35-32-,39-37-. The molecule has 0 N–H and O–H groups in total. The van der Waals surface area contributed by atoms with Gasteiger partial charge in [0.25, 0.3) is 0 Å². The van der Waals surface area contributed by atoms with Gasteiger partial charge in [-0.15, -0.1) is 0 Å². The Morgan fingerprint density at radius 3 is 0.716 bits per heavy atom. The van der Waals surface area contributed by atoms with Crippen LogP contribution in [-0.2, 0) is 28.6 Å². The number of carbonyl (C=O) groups excluding carboxylic acids is 3. The number of esters is 3. The Morgan fingerprint density at radius 1 is 0.247 bits per heavy atom. The van der Waals surface area contributed by atoms with Gasteiger partial charge in [0, 0.05) is 19.3 Å². The molecule has 0 bridgehead atoms. The van der Waals surface area contributed by atoms with E-state index in [1.165, 1.54) is 225 Å². The van der Waals surface area contributed by atoms with Gasteiger partial charge in [0.15, 0.2) is 6.10 Å². The second-order valence-electron chi connectivity index (χ2n) is 23.4. The van der Waals surface area contributed by atoms with Crippen molar-refractivity contribution in [1.29, 1.82) is 0 Å². The van der Waals surface area contributed by atoms with Crippen molar-refractivity contribution in [3.63, 3.8) is 0 Å². The highest BCUT2D eigenvalue weighted by atomic mass is 16.6. The Morgan fingerprint density at radius 2 is 0.444 bits per heavy atom. The Balaban J connectivity index is 4.40. The molecule has 0 heterocycles. The molecular formula is C75H132O6. The van der Waals surface area contributed by atoms with Crippen LogP contribution in [0.3, 0.4) is 0 Å². The van der Waals surface area contributed by atoms with Crippen LogP contribution in [0.15, 0.2) is 85.1 Å². The van der Waals surface area contributed by atoms with Crippen LogP contribution in [0.25, 0.3) is 0 Å². The molecule has 0 amide bonds. The Labute approximate surface area is 503 Å². The zero-order valence-electron chi connectivity index (χ0n) is 53.8. The van der Waals surface area contributed by atoms with Gasteiger partial charge in [-0.3, -0.25) is 14.4 Å². The zero-order valence-corrected chi connectivity index (χ0v) is 53.8. The minimum absolute atomic E-state index is 0.0815. The molecule has 0 aliphatic heterocycles. The quantitative estimate of drug-likeness (QED) is 0.0261. The maximum atomic E-state index is 13.0. The lowest BCUT2D eigenvalue weighted by molar-refractivity contribution is -0.167. The number of hydrogen-bond acceptors (Lipinski definition) is 6.